The molecule has 0 unspecified atom stereocenters. The fourth-order valence-electron chi connectivity index (χ4n) is 2.22. The van der Waals surface area contributed by atoms with Crippen molar-refractivity contribution in [2.45, 2.75) is 25.4 Å². The van der Waals surface area contributed by atoms with Gasteiger partial charge in [0.25, 0.3) is 0 Å². The van der Waals surface area contributed by atoms with Crippen LogP contribution in [-0.2, 0) is 11.3 Å². The van der Waals surface area contributed by atoms with Crippen LogP contribution < -0.4 is 5.73 Å². The van der Waals surface area contributed by atoms with Gasteiger partial charge in [0.15, 0.2) is 5.84 Å². The fraction of sp³-hybridized carbons (Fsp3) is 0.500. The minimum atomic E-state index is 0.165. The van der Waals surface area contributed by atoms with Gasteiger partial charge in [-0.05, 0) is 18.4 Å². The zero-order chi connectivity index (χ0) is 13.7. The molecule has 2 rings (SSSR count). The fourth-order valence-corrected chi connectivity index (χ4v) is 2.22. The van der Waals surface area contributed by atoms with Crippen molar-refractivity contribution in [3.05, 3.63) is 35.4 Å². The average molecular weight is 263 g/mol. The number of benzene rings is 1. The van der Waals surface area contributed by atoms with E-state index < -0.39 is 0 Å². The van der Waals surface area contributed by atoms with Gasteiger partial charge < -0.3 is 15.7 Å². The van der Waals surface area contributed by atoms with Crippen LogP contribution in [-0.4, -0.2) is 42.2 Å². The highest BCUT2D eigenvalue weighted by Crippen LogP contribution is 2.28. The monoisotopic (exact) mass is 263 g/mol. The maximum atomic E-state index is 8.84. The first-order valence-corrected chi connectivity index (χ1v) is 6.55. The standard InChI is InChI=1S/C14H21N3O2/c1-19-9-8-17(12-6-7-12)10-11-4-2-3-5-13(11)14(15)16-18/h2-5,12,18H,6-10H2,1H3,(H2,15,16). The number of hydrogen-bond acceptors (Lipinski definition) is 4. The van der Waals surface area contributed by atoms with Crippen molar-refractivity contribution in [2.24, 2.45) is 10.9 Å². The molecule has 5 nitrogen and oxygen atoms in total. The number of amidine groups is 1. The normalized spacial score (nSPS) is 16.0. The van der Waals surface area contributed by atoms with Crippen LogP contribution in [0.15, 0.2) is 29.4 Å². The van der Waals surface area contributed by atoms with Crippen molar-refractivity contribution in [1.82, 2.24) is 4.90 Å². The molecule has 0 heterocycles. The van der Waals surface area contributed by atoms with Crippen molar-refractivity contribution in [2.75, 3.05) is 20.3 Å². The second-order valence-corrected chi connectivity index (χ2v) is 4.84. The number of nitrogens with two attached hydrogens (primary N) is 1. The van der Waals surface area contributed by atoms with Gasteiger partial charge in [-0.25, -0.2) is 0 Å². The highest BCUT2D eigenvalue weighted by molar-refractivity contribution is 5.98. The minimum absolute atomic E-state index is 0.165. The molecule has 19 heavy (non-hydrogen) atoms. The summed E-state index contributed by atoms with van der Waals surface area (Å²) in [5, 5.41) is 11.9. The summed E-state index contributed by atoms with van der Waals surface area (Å²) in [7, 11) is 1.72. The number of nitrogens with zero attached hydrogens (tertiary/aromatic N) is 2. The van der Waals surface area contributed by atoms with Crippen molar-refractivity contribution in [3.8, 4) is 0 Å². The van der Waals surface area contributed by atoms with E-state index in [1.807, 2.05) is 24.3 Å². The Balaban J connectivity index is 2.12. The molecule has 1 aromatic carbocycles. The van der Waals surface area contributed by atoms with Gasteiger partial charge in [0.05, 0.1) is 6.61 Å². The Morgan fingerprint density at radius 1 is 1.47 bits per heavy atom. The molecule has 5 heteroatoms. The molecule has 0 aromatic heterocycles. The molecule has 1 aliphatic rings. The molecule has 0 amide bonds. The number of rotatable bonds is 7. The van der Waals surface area contributed by atoms with Crippen LogP contribution in [0.3, 0.4) is 0 Å². The van der Waals surface area contributed by atoms with Crippen LogP contribution in [0.4, 0.5) is 0 Å². The van der Waals surface area contributed by atoms with E-state index in [1.54, 1.807) is 7.11 Å². The van der Waals surface area contributed by atoms with E-state index in [-0.39, 0.29) is 5.84 Å². The van der Waals surface area contributed by atoms with Gasteiger partial charge in [0.1, 0.15) is 0 Å². The predicted octanol–water partition coefficient (Wildman–Crippen LogP) is 1.39. The quantitative estimate of drug-likeness (QED) is 0.337. The average Bonchev–Trinajstić information content (AvgIpc) is 3.27. The van der Waals surface area contributed by atoms with Gasteiger partial charge in [-0.3, -0.25) is 4.90 Å². The van der Waals surface area contributed by atoms with E-state index in [9.17, 15) is 0 Å². The summed E-state index contributed by atoms with van der Waals surface area (Å²) < 4.78 is 5.16. The number of methoxy groups -OCH3 is 1. The first kappa shape index (κ1) is 13.8. The Kier molecular flexibility index (Phi) is 4.76. The minimum Gasteiger partial charge on any atom is -0.409 e. The molecule has 0 spiro atoms. The van der Waals surface area contributed by atoms with Crippen LogP contribution in [0.1, 0.15) is 24.0 Å². The first-order valence-electron chi connectivity index (χ1n) is 6.55. The molecule has 0 saturated heterocycles. The molecule has 0 bridgehead atoms. The van der Waals surface area contributed by atoms with Crippen LogP contribution in [0.5, 0.6) is 0 Å². The highest BCUT2D eigenvalue weighted by Gasteiger charge is 2.29. The zero-order valence-corrected chi connectivity index (χ0v) is 11.2. The summed E-state index contributed by atoms with van der Waals surface area (Å²) >= 11 is 0. The lowest BCUT2D eigenvalue weighted by Gasteiger charge is -2.22. The Morgan fingerprint density at radius 3 is 2.84 bits per heavy atom. The molecule has 0 atom stereocenters. The smallest absolute Gasteiger partial charge is 0.170 e. The predicted molar refractivity (Wildman–Crippen MR) is 74.3 cm³/mol. The Bertz CT molecular complexity index is 444. The zero-order valence-electron chi connectivity index (χ0n) is 11.2. The molecule has 0 aliphatic heterocycles. The molecule has 1 aliphatic carbocycles. The maximum absolute atomic E-state index is 8.84. The molecular formula is C14H21N3O2. The van der Waals surface area contributed by atoms with Gasteiger partial charge in [-0.1, -0.05) is 29.4 Å². The topological polar surface area (TPSA) is 71.1 Å². The number of hydrogen-bond donors (Lipinski definition) is 2. The van der Waals surface area contributed by atoms with Gasteiger partial charge in [-0.15, -0.1) is 0 Å². The van der Waals surface area contributed by atoms with E-state index in [0.29, 0.717) is 6.04 Å². The van der Waals surface area contributed by atoms with Crippen molar-refractivity contribution >= 4 is 5.84 Å². The number of ether oxygens (including phenoxy) is 1. The summed E-state index contributed by atoms with van der Waals surface area (Å²) in [5.41, 5.74) is 7.60. The Hall–Kier alpha value is -1.59. The largest absolute Gasteiger partial charge is 0.409 e. The van der Waals surface area contributed by atoms with Crippen LogP contribution >= 0.6 is 0 Å². The third kappa shape index (κ3) is 3.68. The van der Waals surface area contributed by atoms with Gasteiger partial charge in [0, 0.05) is 31.8 Å². The highest BCUT2D eigenvalue weighted by atomic mass is 16.5. The SMILES string of the molecule is COCCN(Cc1ccccc1C(N)=NO)C1CC1. The lowest BCUT2D eigenvalue weighted by molar-refractivity contribution is 0.139. The van der Waals surface area contributed by atoms with Crippen molar-refractivity contribution in [1.29, 1.82) is 0 Å². The summed E-state index contributed by atoms with van der Waals surface area (Å²) in [4.78, 5) is 2.40. The molecule has 1 aromatic rings. The molecular weight excluding hydrogens is 242 g/mol. The van der Waals surface area contributed by atoms with Crippen molar-refractivity contribution < 1.29 is 9.94 Å². The lowest BCUT2D eigenvalue weighted by Crippen LogP contribution is -2.30. The summed E-state index contributed by atoms with van der Waals surface area (Å²) in [6, 6.07) is 8.43. The maximum Gasteiger partial charge on any atom is 0.170 e. The van der Waals surface area contributed by atoms with Gasteiger partial charge >= 0.3 is 0 Å². The first-order chi connectivity index (χ1) is 9.26. The van der Waals surface area contributed by atoms with Crippen LogP contribution in [0, 0.1) is 0 Å². The summed E-state index contributed by atoms with van der Waals surface area (Å²) in [5.74, 6) is 0.165. The van der Waals surface area contributed by atoms with Crippen LogP contribution in [0.25, 0.3) is 0 Å². The van der Waals surface area contributed by atoms with E-state index in [2.05, 4.69) is 10.1 Å². The molecule has 1 saturated carbocycles. The van der Waals surface area contributed by atoms with Crippen LogP contribution in [0.2, 0.25) is 0 Å². The summed E-state index contributed by atoms with van der Waals surface area (Å²) in [6.45, 7) is 2.44. The molecule has 3 N–H and O–H groups in total. The molecule has 1 fully saturated rings. The number of oxime groups is 1. The molecule has 0 radical (unpaired) electrons. The summed E-state index contributed by atoms with van der Waals surface area (Å²) in [6.07, 6.45) is 2.49. The lowest BCUT2D eigenvalue weighted by atomic mass is 10.1. The second-order valence-electron chi connectivity index (χ2n) is 4.84. The second kappa shape index (κ2) is 6.54. The Morgan fingerprint density at radius 2 is 2.21 bits per heavy atom. The van der Waals surface area contributed by atoms with Crippen molar-refractivity contribution in [3.63, 3.8) is 0 Å². The third-order valence-electron chi connectivity index (χ3n) is 3.42. The van der Waals surface area contributed by atoms with E-state index in [1.165, 1.54) is 12.8 Å². The van der Waals surface area contributed by atoms with E-state index >= 15 is 0 Å². The third-order valence-corrected chi connectivity index (χ3v) is 3.42. The van der Waals surface area contributed by atoms with Gasteiger partial charge in [0.2, 0.25) is 0 Å². The van der Waals surface area contributed by atoms with E-state index in [0.717, 1.165) is 30.8 Å². The Labute approximate surface area is 113 Å². The van der Waals surface area contributed by atoms with Gasteiger partial charge in [-0.2, -0.15) is 0 Å². The van der Waals surface area contributed by atoms with E-state index in [4.69, 9.17) is 15.7 Å². The molecule has 104 valence electrons.